The van der Waals surface area contributed by atoms with E-state index in [0.29, 0.717) is 16.4 Å². The van der Waals surface area contributed by atoms with Crippen molar-refractivity contribution in [2.24, 2.45) is 0 Å². The van der Waals surface area contributed by atoms with Crippen molar-refractivity contribution in [2.75, 3.05) is 11.1 Å². The fourth-order valence-electron chi connectivity index (χ4n) is 1.58. The summed E-state index contributed by atoms with van der Waals surface area (Å²) in [5, 5.41) is 3.38. The normalized spacial score (nSPS) is 10.3. The largest absolute Gasteiger partial charge is 0.397 e. The van der Waals surface area contributed by atoms with Crippen molar-refractivity contribution in [3.8, 4) is 0 Å². The molecule has 0 fully saturated rings. The summed E-state index contributed by atoms with van der Waals surface area (Å²) in [7, 11) is 0. The van der Waals surface area contributed by atoms with Gasteiger partial charge in [-0.2, -0.15) is 0 Å². The van der Waals surface area contributed by atoms with Crippen LogP contribution in [0.3, 0.4) is 0 Å². The van der Waals surface area contributed by atoms with E-state index in [1.165, 1.54) is 12.1 Å². The standard InChI is InChI=1S/C13H12ClFN2/c1-8-2-3-13(12(16)4-8)17-11-6-9(14)5-10(15)7-11/h2-7,17H,16H2,1H3. The Morgan fingerprint density at radius 2 is 1.94 bits per heavy atom. The molecule has 0 amide bonds. The van der Waals surface area contributed by atoms with Gasteiger partial charge >= 0.3 is 0 Å². The Labute approximate surface area is 104 Å². The molecule has 88 valence electrons. The zero-order valence-electron chi connectivity index (χ0n) is 9.30. The first-order valence-electron chi connectivity index (χ1n) is 5.14. The van der Waals surface area contributed by atoms with Crippen molar-refractivity contribution in [3.63, 3.8) is 0 Å². The summed E-state index contributed by atoms with van der Waals surface area (Å²) in [5.41, 5.74) is 8.85. The third-order valence-corrected chi connectivity index (χ3v) is 2.57. The molecule has 4 heteroatoms. The van der Waals surface area contributed by atoms with Gasteiger partial charge in [0.05, 0.1) is 11.4 Å². The number of benzene rings is 2. The van der Waals surface area contributed by atoms with Gasteiger partial charge in [-0.05, 0) is 42.8 Å². The van der Waals surface area contributed by atoms with Gasteiger partial charge in [0.25, 0.3) is 0 Å². The molecule has 0 bridgehead atoms. The number of aryl methyl sites for hydroxylation is 1. The highest BCUT2D eigenvalue weighted by Crippen LogP contribution is 2.26. The van der Waals surface area contributed by atoms with Crippen LogP contribution in [-0.2, 0) is 0 Å². The topological polar surface area (TPSA) is 38.0 Å². The molecule has 0 heterocycles. The highest BCUT2D eigenvalue weighted by Gasteiger charge is 2.02. The van der Waals surface area contributed by atoms with E-state index >= 15 is 0 Å². The van der Waals surface area contributed by atoms with E-state index in [2.05, 4.69) is 5.32 Å². The highest BCUT2D eigenvalue weighted by molar-refractivity contribution is 6.30. The predicted octanol–water partition coefficient (Wildman–Crippen LogP) is 4.11. The average molecular weight is 251 g/mol. The zero-order valence-corrected chi connectivity index (χ0v) is 10.1. The molecule has 2 aromatic rings. The molecule has 0 aromatic heterocycles. The molecule has 17 heavy (non-hydrogen) atoms. The maximum Gasteiger partial charge on any atom is 0.126 e. The molecule has 0 aliphatic heterocycles. The summed E-state index contributed by atoms with van der Waals surface area (Å²) < 4.78 is 13.1. The molecule has 0 spiro atoms. The van der Waals surface area contributed by atoms with Gasteiger partial charge in [-0.1, -0.05) is 17.7 Å². The maximum absolute atomic E-state index is 13.1. The van der Waals surface area contributed by atoms with Gasteiger partial charge in [-0.15, -0.1) is 0 Å². The first-order valence-corrected chi connectivity index (χ1v) is 5.51. The van der Waals surface area contributed by atoms with Crippen LogP contribution in [-0.4, -0.2) is 0 Å². The molecule has 3 N–H and O–H groups in total. The fourth-order valence-corrected chi connectivity index (χ4v) is 1.80. The molecule has 0 aliphatic carbocycles. The van der Waals surface area contributed by atoms with Crippen LogP contribution in [0, 0.1) is 12.7 Å². The summed E-state index contributed by atoms with van der Waals surface area (Å²) in [6.07, 6.45) is 0. The number of nitrogen functional groups attached to an aromatic ring is 1. The third-order valence-electron chi connectivity index (χ3n) is 2.35. The van der Waals surface area contributed by atoms with Crippen molar-refractivity contribution in [1.29, 1.82) is 0 Å². The van der Waals surface area contributed by atoms with E-state index in [1.807, 2.05) is 25.1 Å². The van der Waals surface area contributed by atoms with Gasteiger partial charge in [0.2, 0.25) is 0 Å². The van der Waals surface area contributed by atoms with Gasteiger partial charge < -0.3 is 11.1 Å². The molecule has 0 aliphatic rings. The van der Waals surface area contributed by atoms with Crippen LogP contribution in [0.2, 0.25) is 5.02 Å². The second kappa shape index (κ2) is 4.63. The molecule has 0 saturated heterocycles. The molecule has 0 atom stereocenters. The van der Waals surface area contributed by atoms with Crippen LogP contribution in [0.15, 0.2) is 36.4 Å². The number of nitrogens with one attached hydrogen (secondary N) is 1. The lowest BCUT2D eigenvalue weighted by molar-refractivity contribution is 0.628. The van der Waals surface area contributed by atoms with Crippen LogP contribution in [0.4, 0.5) is 21.5 Å². The minimum atomic E-state index is -0.384. The maximum atomic E-state index is 13.1. The minimum absolute atomic E-state index is 0.346. The monoisotopic (exact) mass is 250 g/mol. The van der Waals surface area contributed by atoms with E-state index in [-0.39, 0.29) is 5.82 Å². The second-order valence-electron chi connectivity index (χ2n) is 3.87. The van der Waals surface area contributed by atoms with Gasteiger partial charge in [0.1, 0.15) is 5.82 Å². The van der Waals surface area contributed by atoms with Crippen LogP contribution in [0.5, 0.6) is 0 Å². The molecule has 0 unspecified atom stereocenters. The number of anilines is 3. The lowest BCUT2D eigenvalue weighted by atomic mass is 10.2. The molecule has 2 nitrogen and oxygen atoms in total. The van der Waals surface area contributed by atoms with Crippen molar-refractivity contribution in [2.45, 2.75) is 6.92 Å². The lowest BCUT2D eigenvalue weighted by Crippen LogP contribution is -1.97. The number of halogens is 2. The van der Waals surface area contributed by atoms with Crippen LogP contribution < -0.4 is 11.1 Å². The van der Waals surface area contributed by atoms with E-state index in [1.54, 1.807) is 6.07 Å². The summed E-state index contributed by atoms with van der Waals surface area (Å²) >= 11 is 5.77. The molecule has 2 rings (SSSR count). The molecule has 2 aromatic carbocycles. The van der Waals surface area contributed by atoms with E-state index in [4.69, 9.17) is 17.3 Å². The van der Waals surface area contributed by atoms with E-state index in [9.17, 15) is 4.39 Å². The number of hydrogen-bond acceptors (Lipinski definition) is 2. The SMILES string of the molecule is Cc1ccc(Nc2cc(F)cc(Cl)c2)c(N)c1. The Bertz CT molecular complexity index is 535. The van der Waals surface area contributed by atoms with Crippen molar-refractivity contribution >= 4 is 28.7 Å². The minimum Gasteiger partial charge on any atom is -0.397 e. The Balaban J connectivity index is 2.31. The number of nitrogens with two attached hydrogens (primary N) is 1. The summed E-state index contributed by atoms with van der Waals surface area (Å²) in [6, 6.07) is 9.90. The van der Waals surface area contributed by atoms with Crippen LogP contribution >= 0.6 is 11.6 Å². The lowest BCUT2D eigenvalue weighted by Gasteiger charge is -2.10. The van der Waals surface area contributed by atoms with E-state index < -0.39 is 0 Å². The number of hydrogen-bond donors (Lipinski definition) is 2. The fraction of sp³-hybridized carbons (Fsp3) is 0.0769. The Morgan fingerprint density at radius 1 is 1.18 bits per heavy atom. The van der Waals surface area contributed by atoms with Gasteiger partial charge in [0.15, 0.2) is 0 Å². The van der Waals surface area contributed by atoms with Crippen molar-refractivity contribution in [1.82, 2.24) is 0 Å². The Kier molecular flexibility index (Phi) is 3.20. The highest BCUT2D eigenvalue weighted by atomic mass is 35.5. The van der Waals surface area contributed by atoms with Crippen LogP contribution in [0.25, 0.3) is 0 Å². The summed E-state index contributed by atoms with van der Waals surface area (Å²) in [4.78, 5) is 0. The Morgan fingerprint density at radius 3 is 2.59 bits per heavy atom. The average Bonchev–Trinajstić information content (AvgIpc) is 2.21. The smallest absolute Gasteiger partial charge is 0.126 e. The first kappa shape index (κ1) is 11.7. The second-order valence-corrected chi connectivity index (χ2v) is 4.31. The molecular weight excluding hydrogens is 239 g/mol. The van der Waals surface area contributed by atoms with Gasteiger partial charge in [-0.3, -0.25) is 0 Å². The predicted molar refractivity (Wildman–Crippen MR) is 70.3 cm³/mol. The third kappa shape index (κ3) is 2.88. The number of rotatable bonds is 2. The van der Waals surface area contributed by atoms with Gasteiger partial charge in [0, 0.05) is 10.7 Å². The molecule has 0 radical (unpaired) electrons. The van der Waals surface area contributed by atoms with Gasteiger partial charge in [-0.25, -0.2) is 4.39 Å². The molecule has 0 saturated carbocycles. The quantitative estimate of drug-likeness (QED) is 0.787. The summed E-state index contributed by atoms with van der Waals surface area (Å²) in [5.74, 6) is -0.384. The van der Waals surface area contributed by atoms with Crippen LogP contribution in [0.1, 0.15) is 5.56 Å². The molecular formula is C13H12ClFN2. The summed E-state index contributed by atoms with van der Waals surface area (Å²) in [6.45, 7) is 1.96. The van der Waals surface area contributed by atoms with Crippen molar-refractivity contribution < 1.29 is 4.39 Å². The zero-order chi connectivity index (χ0) is 12.4. The Hall–Kier alpha value is -1.74. The van der Waals surface area contributed by atoms with E-state index in [0.717, 1.165) is 11.3 Å². The van der Waals surface area contributed by atoms with Crippen molar-refractivity contribution in [3.05, 3.63) is 52.8 Å². The first-order chi connectivity index (χ1) is 8.04.